The van der Waals surface area contributed by atoms with Crippen molar-refractivity contribution in [1.82, 2.24) is 4.98 Å². The average molecular weight is 258 g/mol. The first kappa shape index (κ1) is 13.4. The zero-order valence-corrected chi connectivity index (χ0v) is 10.5. The van der Waals surface area contributed by atoms with Crippen LogP contribution in [0.25, 0.3) is 0 Å². The Labute approximate surface area is 103 Å². The van der Waals surface area contributed by atoms with Crippen molar-refractivity contribution in [3.63, 3.8) is 0 Å². The molecule has 0 aliphatic heterocycles. The molecular formula is C10H14N2O4S. The Morgan fingerprint density at radius 2 is 2.18 bits per heavy atom. The number of carbonyl (C=O) groups excluding carboxylic acids is 2. The lowest BCUT2D eigenvalue weighted by atomic mass is 10.2. The van der Waals surface area contributed by atoms with Crippen LogP contribution in [-0.4, -0.2) is 31.3 Å². The Balaban J connectivity index is 2.35. The summed E-state index contributed by atoms with van der Waals surface area (Å²) in [6, 6.07) is 0. The normalized spacial score (nSPS) is 9.76. The van der Waals surface area contributed by atoms with Gasteiger partial charge in [0.25, 0.3) is 0 Å². The van der Waals surface area contributed by atoms with Gasteiger partial charge < -0.3 is 9.47 Å². The van der Waals surface area contributed by atoms with Gasteiger partial charge in [0, 0.05) is 11.8 Å². The van der Waals surface area contributed by atoms with Gasteiger partial charge in [-0.05, 0) is 12.8 Å². The lowest BCUT2D eigenvalue weighted by molar-refractivity contribution is -0.140. The van der Waals surface area contributed by atoms with Crippen LogP contribution < -0.4 is 5.32 Å². The van der Waals surface area contributed by atoms with E-state index in [1.807, 2.05) is 5.38 Å². The van der Waals surface area contributed by atoms with Gasteiger partial charge >= 0.3 is 12.1 Å². The van der Waals surface area contributed by atoms with Gasteiger partial charge in [-0.25, -0.2) is 9.78 Å². The number of aromatic nitrogens is 1. The van der Waals surface area contributed by atoms with E-state index in [1.165, 1.54) is 25.6 Å². The minimum atomic E-state index is -0.541. The van der Waals surface area contributed by atoms with Crippen LogP contribution in [0.15, 0.2) is 5.38 Å². The number of hydrogen-bond acceptors (Lipinski definition) is 6. The second-order valence-corrected chi connectivity index (χ2v) is 4.05. The molecular weight excluding hydrogens is 244 g/mol. The molecule has 0 aliphatic rings. The lowest BCUT2D eigenvalue weighted by Crippen LogP contribution is -2.10. The second kappa shape index (κ2) is 6.85. The number of carbonyl (C=O) groups is 2. The van der Waals surface area contributed by atoms with Gasteiger partial charge in [-0.2, -0.15) is 0 Å². The van der Waals surface area contributed by atoms with Gasteiger partial charge in [-0.15, -0.1) is 11.3 Å². The Hall–Kier alpha value is -1.63. The van der Waals surface area contributed by atoms with Crippen LogP contribution in [0.1, 0.15) is 18.5 Å². The van der Waals surface area contributed by atoms with E-state index in [0.717, 1.165) is 5.69 Å². The fourth-order valence-electron chi connectivity index (χ4n) is 1.13. The molecule has 1 aromatic heterocycles. The molecule has 1 heterocycles. The summed E-state index contributed by atoms with van der Waals surface area (Å²) in [7, 11) is 2.66. The number of aryl methyl sites for hydroxylation is 1. The molecule has 1 N–H and O–H groups in total. The van der Waals surface area contributed by atoms with E-state index in [1.54, 1.807) is 0 Å². The topological polar surface area (TPSA) is 77.5 Å². The first-order valence-corrected chi connectivity index (χ1v) is 5.90. The lowest BCUT2D eigenvalue weighted by Gasteiger charge is -1.98. The summed E-state index contributed by atoms with van der Waals surface area (Å²) in [5.41, 5.74) is 0.838. The van der Waals surface area contributed by atoms with E-state index in [4.69, 9.17) is 0 Å². The van der Waals surface area contributed by atoms with Gasteiger partial charge in [0.15, 0.2) is 5.13 Å². The van der Waals surface area contributed by atoms with Crippen molar-refractivity contribution in [2.75, 3.05) is 19.5 Å². The van der Waals surface area contributed by atoms with E-state index in [-0.39, 0.29) is 5.97 Å². The summed E-state index contributed by atoms with van der Waals surface area (Å²) in [5, 5.41) is 4.80. The van der Waals surface area contributed by atoms with Crippen LogP contribution in [0.4, 0.5) is 9.93 Å². The molecule has 0 atom stereocenters. The third-order valence-electron chi connectivity index (χ3n) is 1.99. The number of methoxy groups -OCH3 is 2. The molecule has 0 aliphatic carbocycles. The Morgan fingerprint density at radius 3 is 2.82 bits per heavy atom. The SMILES string of the molecule is COC(=O)CCCc1csc(NC(=O)OC)n1. The van der Waals surface area contributed by atoms with E-state index in [9.17, 15) is 9.59 Å². The summed E-state index contributed by atoms with van der Waals surface area (Å²) in [6.45, 7) is 0. The number of amides is 1. The smallest absolute Gasteiger partial charge is 0.413 e. The van der Waals surface area contributed by atoms with Crippen molar-refractivity contribution in [3.8, 4) is 0 Å². The number of thiazole rings is 1. The van der Waals surface area contributed by atoms with Crippen LogP contribution in [0.3, 0.4) is 0 Å². The molecule has 1 amide bonds. The number of hydrogen-bond donors (Lipinski definition) is 1. The molecule has 0 unspecified atom stereocenters. The first-order valence-electron chi connectivity index (χ1n) is 5.02. The minimum absolute atomic E-state index is 0.229. The standard InChI is InChI=1S/C10H14N2O4S/c1-15-8(13)5-3-4-7-6-17-9(11-7)12-10(14)16-2/h6H,3-5H2,1-2H3,(H,11,12,14). The molecule has 0 fully saturated rings. The van der Waals surface area contributed by atoms with Crippen molar-refractivity contribution in [1.29, 1.82) is 0 Å². The number of nitrogens with one attached hydrogen (secondary N) is 1. The predicted octanol–water partition coefficient (Wildman–Crippen LogP) is 1.82. The monoisotopic (exact) mass is 258 g/mol. The molecule has 0 radical (unpaired) electrons. The quantitative estimate of drug-likeness (QED) is 0.815. The molecule has 0 saturated carbocycles. The maximum atomic E-state index is 10.9. The average Bonchev–Trinajstić information content (AvgIpc) is 2.76. The molecule has 1 rings (SSSR count). The van der Waals surface area contributed by atoms with Crippen molar-refractivity contribution < 1.29 is 19.1 Å². The van der Waals surface area contributed by atoms with E-state index in [0.29, 0.717) is 24.4 Å². The van der Waals surface area contributed by atoms with Crippen LogP contribution in [0.2, 0.25) is 0 Å². The predicted molar refractivity (Wildman–Crippen MR) is 63.1 cm³/mol. The third kappa shape index (κ3) is 4.81. The van der Waals surface area contributed by atoms with Gasteiger partial charge in [0.1, 0.15) is 0 Å². The highest BCUT2D eigenvalue weighted by atomic mass is 32.1. The largest absolute Gasteiger partial charge is 0.469 e. The molecule has 17 heavy (non-hydrogen) atoms. The van der Waals surface area contributed by atoms with Crippen molar-refractivity contribution in [2.45, 2.75) is 19.3 Å². The molecule has 0 aromatic carbocycles. The van der Waals surface area contributed by atoms with Crippen LogP contribution in [-0.2, 0) is 20.7 Å². The highest BCUT2D eigenvalue weighted by molar-refractivity contribution is 7.13. The Bertz CT molecular complexity index is 391. The molecule has 6 nitrogen and oxygen atoms in total. The fraction of sp³-hybridized carbons (Fsp3) is 0.500. The van der Waals surface area contributed by atoms with Gasteiger partial charge in [0.2, 0.25) is 0 Å². The summed E-state index contributed by atoms with van der Waals surface area (Å²) in [5.74, 6) is -0.229. The van der Waals surface area contributed by atoms with Crippen LogP contribution >= 0.6 is 11.3 Å². The van der Waals surface area contributed by atoms with Crippen LogP contribution in [0, 0.1) is 0 Å². The summed E-state index contributed by atoms with van der Waals surface area (Å²) in [4.78, 5) is 26.0. The molecule has 7 heteroatoms. The summed E-state index contributed by atoms with van der Waals surface area (Å²) in [6.07, 6.45) is 1.18. The fourth-order valence-corrected chi connectivity index (χ4v) is 1.86. The van der Waals surface area contributed by atoms with E-state index in [2.05, 4.69) is 19.8 Å². The van der Waals surface area contributed by atoms with E-state index < -0.39 is 6.09 Å². The second-order valence-electron chi connectivity index (χ2n) is 3.19. The van der Waals surface area contributed by atoms with Gasteiger partial charge in [-0.3, -0.25) is 10.1 Å². The number of ether oxygens (including phenoxy) is 2. The van der Waals surface area contributed by atoms with E-state index >= 15 is 0 Å². The zero-order valence-electron chi connectivity index (χ0n) is 9.69. The number of rotatable bonds is 5. The third-order valence-corrected chi connectivity index (χ3v) is 2.79. The van der Waals surface area contributed by atoms with Crippen molar-refractivity contribution in [2.24, 2.45) is 0 Å². The first-order chi connectivity index (χ1) is 8.15. The van der Waals surface area contributed by atoms with Gasteiger partial charge in [0.05, 0.1) is 19.9 Å². The molecule has 0 bridgehead atoms. The summed E-state index contributed by atoms with van der Waals surface area (Å²) >= 11 is 1.32. The number of nitrogens with zero attached hydrogens (tertiary/aromatic N) is 1. The van der Waals surface area contributed by atoms with Crippen LogP contribution in [0.5, 0.6) is 0 Å². The zero-order chi connectivity index (χ0) is 12.7. The number of esters is 1. The number of anilines is 1. The Kier molecular flexibility index (Phi) is 5.41. The molecule has 0 saturated heterocycles. The Morgan fingerprint density at radius 1 is 1.41 bits per heavy atom. The molecule has 1 aromatic rings. The van der Waals surface area contributed by atoms with Crippen molar-refractivity contribution >= 4 is 28.5 Å². The maximum Gasteiger partial charge on any atom is 0.413 e. The minimum Gasteiger partial charge on any atom is -0.469 e. The molecule has 94 valence electrons. The van der Waals surface area contributed by atoms with Gasteiger partial charge in [-0.1, -0.05) is 0 Å². The molecule has 0 spiro atoms. The highest BCUT2D eigenvalue weighted by Gasteiger charge is 2.07. The highest BCUT2D eigenvalue weighted by Crippen LogP contribution is 2.17. The summed E-state index contributed by atoms with van der Waals surface area (Å²) < 4.78 is 8.98. The van der Waals surface area contributed by atoms with Crippen molar-refractivity contribution in [3.05, 3.63) is 11.1 Å². The maximum absolute atomic E-state index is 10.9.